The molecule has 0 bridgehead atoms. The number of piperazine rings is 1. The standard InChI is InChI=1S/C15H24N2O2/c1-11-14(18)16-10-6-9-13(16)15(19)17(11)12-7-4-2-3-5-8-12/h11-13H,2-10H2,1H3. The lowest BCUT2D eigenvalue weighted by Crippen LogP contribution is -2.64. The number of hydrogen-bond acceptors (Lipinski definition) is 2. The Bertz CT molecular complexity index is 374. The van der Waals surface area contributed by atoms with Gasteiger partial charge in [0.1, 0.15) is 12.1 Å². The van der Waals surface area contributed by atoms with E-state index in [-0.39, 0.29) is 23.9 Å². The van der Waals surface area contributed by atoms with E-state index >= 15 is 0 Å². The average molecular weight is 264 g/mol. The topological polar surface area (TPSA) is 40.6 Å². The fourth-order valence-corrected chi connectivity index (χ4v) is 4.04. The molecule has 0 N–H and O–H groups in total. The molecule has 3 rings (SSSR count). The van der Waals surface area contributed by atoms with Gasteiger partial charge in [-0.2, -0.15) is 0 Å². The largest absolute Gasteiger partial charge is 0.329 e. The van der Waals surface area contributed by atoms with Gasteiger partial charge in [0, 0.05) is 12.6 Å². The van der Waals surface area contributed by atoms with Gasteiger partial charge in [-0.3, -0.25) is 9.59 Å². The second kappa shape index (κ2) is 5.14. The van der Waals surface area contributed by atoms with Crippen LogP contribution in [0, 0.1) is 0 Å². The van der Waals surface area contributed by atoms with Crippen molar-refractivity contribution in [2.24, 2.45) is 0 Å². The molecule has 2 amide bonds. The van der Waals surface area contributed by atoms with Crippen LogP contribution in [0.4, 0.5) is 0 Å². The number of hydrogen-bond donors (Lipinski definition) is 0. The number of carbonyl (C=O) groups excluding carboxylic acids is 2. The van der Waals surface area contributed by atoms with E-state index in [1.807, 2.05) is 16.7 Å². The third-order valence-corrected chi connectivity index (χ3v) is 5.07. The predicted molar refractivity (Wildman–Crippen MR) is 72.5 cm³/mol. The normalized spacial score (nSPS) is 33.5. The second-order valence-corrected chi connectivity index (χ2v) is 6.26. The molecule has 1 saturated carbocycles. The molecule has 19 heavy (non-hydrogen) atoms. The Morgan fingerprint density at radius 1 is 0.895 bits per heavy atom. The van der Waals surface area contributed by atoms with Crippen molar-refractivity contribution in [3.63, 3.8) is 0 Å². The molecule has 2 atom stereocenters. The average Bonchev–Trinajstić information content (AvgIpc) is 2.75. The zero-order valence-electron chi connectivity index (χ0n) is 11.8. The van der Waals surface area contributed by atoms with Crippen LogP contribution in [-0.2, 0) is 9.59 Å². The molecule has 0 radical (unpaired) electrons. The molecule has 0 aromatic carbocycles. The van der Waals surface area contributed by atoms with E-state index < -0.39 is 0 Å². The van der Waals surface area contributed by atoms with Crippen molar-refractivity contribution in [1.82, 2.24) is 9.80 Å². The summed E-state index contributed by atoms with van der Waals surface area (Å²) in [5.41, 5.74) is 0. The molecule has 0 aromatic rings. The number of carbonyl (C=O) groups is 2. The number of amides is 2. The minimum Gasteiger partial charge on any atom is -0.329 e. The Balaban J connectivity index is 1.82. The molecule has 106 valence electrons. The van der Waals surface area contributed by atoms with Gasteiger partial charge in [0.25, 0.3) is 0 Å². The van der Waals surface area contributed by atoms with Crippen molar-refractivity contribution >= 4 is 11.8 Å². The molecule has 3 aliphatic rings. The molecular weight excluding hydrogens is 240 g/mol. The van der Waals surface area contributed by atoms with E-state index in [0.29, 0.717) is 6.04 Å². The fourth-order valence-electron chi connectivity index (χ4n) is 4.04. The van der Waals surface area contributed by atoms with Gasteiger partial charge in [-0.25, -0.2) is 0 Å². The molecule has 4 nitrogen and oxygen atoms in total. The van der Waals surface area contributed by atoms with Gasteiger partial charge in [0.05, 0.1) is 0 Å². The van der Waals surface area contributed by atoms with Gasteiger partial charge in [-0.1, -0.05) is 25.7 Å². The highest BCUT2D eigenvalue weighted by molar-refractivity contribution is 5.97. The van der Waals surface area contributed by atoms with Crippen molar-refractivity contribution < 1.29 is 9.59 Å². The number of rotatable bonds is 1. The Morgan fingerprint density at radius 2 is 1.58 bits per heavy atom. The van der Waals surface area contributed by atoms with Gasteiger partial charge in [0.2, 0.25) is 11.8 Å². The third kappa shape index (κ3) is 2.15. The first-order valence-electron chi connectivity index (χ1n) is 7.83. The smallest absolute Gasteiger partial charge is 0.246 e. The molecule has 0 aromatic heterocycles. The zero-order chi connectivity index (χ0) is 13.4. The lowest BCUT2D eigenvalue weighted by atomic mass is 9.99. The highest BCUT2D eigenvalue weighted by Crippen LogP contribution is 2.31. The van der Waals surface area contributed by atoms with Crippen LogP contribution in [-0.4, -0.2) is 46.3 Å². The fraction of sp³-hybridized carbons (Fsp3) is 0.867. The summed E-state index contributed by atoms with van der Waals surface area (Å²) in [6.45, 7) is 2.69. The van der Waals surface area contributed by atoms with Crippen LogP contribution in [0.5, 0.6) is 0 Å². The van der Waals surface area contributed by atoms with Crippen LogP contribution >= 0.6 is 0 Å². The van der Waals surface area contributed by atoms with Crippen LogP contribution in [0.15, 0.2) is 0 Å². The predicted octanol–water partition coefficient (Wildman–Crippen LogP) is 1.93. The van der Waals surface area contributed by atoms with Gasteiger partial charge in [0.15, 0.2) is 0 Å². The summed E-state index contributed by atoms with van der Waals surface area (Å²) in [6.07, 6.45) is 8.94. The maximum atomic E-state index is 12.7. The third-order valence-electron chi connectivity index (χ3n) is 5.07. The summed E-state index contributed by atoms with van der Waals surface area (Å²) < 4.78 is 0. The maximum Gasteiger partial charge on any atom is 0.246 e. The van der Waals surface area contributed by atoms with E-state index in [1.54, 1.807) is 0 Å². The van der Waals surface area contributed by atoms with Crippen molar-refractivity contribution in [2.75, 3.05) is 6.54 Å². The first kappa shape index (κ1) is 12.9. The van der Waals surface area contributed by atoms with E-state index in [9.17, 15) is 9.59 Å². The van der Waals surface area contributed by atoms with Crippen molar-refractivity contribution in [2.45, 2.75) is 76.4 Å². The summed E-state index contributed by atoms with van der Waals surface area (Å²) in [7, 11) is 0. The van der Waals surface area contributed by atoms with Crippen molar-refractivity contribution in [3.05, 3.63) is 0 Å². The molecule has 2 heterocycles. The Morgan fingerprint density at radius 3 is 2.26 bits per heavy atom. The van der Waals surface area contributed by atoms with Crippen molar-refractivity contribution in [1.29, 1.82) is 0 Å². The molecule has 4 heteroatoms. The molecule has 2 aliphatic heterocycles. The van der Waals surface area contributed by atoms with E-state index in [2.05, 4.69) is 0 Å². The lowest BCUT2D eigenvalue weighted by Gasteiger charge is -2.44. The highest BCUT2D eigenvalue weighted by Gasteiger charge is 2.47. The van der Waals surface area contributed by atoms with E-state index in [1.165, 1.54) is 25.7 Å². The SMILES string of the molecule is CC1C(=O)N2CCCC2C(=O)N1C1CCCCCC1. The molecular formula is C15H24N2O2. The van der Waals surface area contributed by atoms with E-state index in [0.717, 1.165) is 32.2 Å². The van der Waals surface area contributed by atoms with Crippen LogP contribution in [0.25, 0.3) is 0 Å². The number of fused-ring (bicyclic) bond motifs is 1. The monoisotopic (exact) mass is 264 g/mol. The molecule has 0 spiro atoms. The summed E-state index contributed by atoms with van der Waals surface area (Å²) in [6, 6.07) is -0.0893. The van der Waals surface area contributed by atoms with E-state index in [4.69, 9.17) is 0 Å². The Kier molecular flexibility index (Phi) is 3.50. The van der Waals surface area contributed by atoms with Gasteiger partial charge < -0.3 is 9.80 Å². The summed E-state index contributed by atoms with van der Waals surface area (Å²) in [5.74, 6) is 0.392. The highest BCUT2D eigenvalue weighted by atomic mass is 16.2. The second-order valence-electron chi connectivity index (χ2n) is 6.26. The molecule has 2 unspecified atom stereocenters. The van der Waals surface area contributed by atoms with Crippen LogP contribution in [0.2, 0.25) is 0 Å². The summed E-state index contributed by atoms with van der Waals surface area (Å²) >= 11 is 0. The number of nitrogens with zero attached hydrogens (tertiary/aromatic N) is 2. The zero-order valence-corrected chi connectivity index (χ0v) is 11.8. The molecule has 3 fully saturated rings. The minimum absolute atomic E-state index is 0.146. The summed E-state index contributed by atoms with van der Waals surface area (Å²) in [5, 5.41) is 0. The Labute approximate surface area is 115 Å². The quantitative estimate of drug-likeness (QED) is 0.679. The first-order valence-corrected chi connectivity index (χ1v) is 7.83. The van der Waals surface area contributed by atoms with Gasteiger partial charge >= 0.3 is 0 Å². The lowest BCUT2D eigenvalue weighted by molar-refractivity contribution is -0.161. The van der Waals surface area contributed by atoms with Gasteiger partial charge in [-0.15, -0.1) is 0 Å². The maximum absolute atomic E-state index is 12.7. The Hall–Kier alpha value is -1.06. The summed E-state index contributed by atoms with van der Waals surface area (Å²) in [4.78, 5) is 28.9. The first-order chi connectivity index (χ1) is 9.20. The van der Waals surface area contributed by atoms with Crippen LogP contribution in [0.3, 0.4) is 0 Å². The molecule has 1 aliphatic carbocycles. The van der Waals surface area contributed by atoms with Crippen molar-refractivity contribution in [3.8, 4) is 0 Å². The minimum atomic E-state index is -0.245. The van der Waals surface area contributed by atoms with Crippen LogP contribution in [0.1, 0.15) is 58.3 Å². The molecule has 2 saturated heterocycles. The van der Waals surface area contributed by atoms with Gasteiger partial charge in [-0.05, 0) is 32.6 Å². The van der Waals surface area contributed by atoms with Crippen LogP contribution < -0.4 is 0 Å².